The highest BCUT2D eigenvalue weighted by molar-refractivity contribution is 6.04. The Labute approximate surface area is 140 Å². The minimum Gasteiger partial charge on any atom is -0.324 e. The third-order valence-electron chi connectivity index (χ3n) is 3.71. The summed E-state index contributed by atoms with van der Waals surface area (Å²) in [6.45, 7) is 4.07. The third kappa shape index (κ3) is 3.76. The summed E-state index contributed by atoms with van der Waals surface area (Å²) in [5.41, 5.74) is 4.45. The van der Waals surface area contributed by atoms with Crippen molar-refractivity contribution in [2.24, 2.45) is 0 Å². The molecule has 5 nitrogen and oxygen atoms in total. The van der Waals surface area contributed by atoms with Crippen molar-refractivity contribution >= 4 is 23.2 Å². The number of amides is 1. The Hall–Kier alpha value is -3.21. The van der Waals surface area contributed by atoms with Gasteiger partial charge in [-0.05, 0) is 61.4 Å². The van der Waals surface area contributed by atoms with Crippen LogP contribution in [0.15, 0.2) is 60.9 Å². The molecule has 0 bridgehead atoms. The second-order valence-electron chi connectivity index (χ2n) is 5.53. The molecule has 0 saturated heterocycles. The molecular weight excluding hydrogens is 300 g/mol. The zero-order chi connectivity index (χ0) is 16.9. The molecule has 0 unspecified atom stereocenters. The quantitative estimate of drug-likeness (QED) is 0.760. The Morgan fingerprint density at radius 2 is 1.67 bits per heavy atom. The summed E-state index contributed by atoms with van der Waals surface area (Å²) in [6, 6.07) is 14.8. The Kier molecular flexibility index (Phi) is 4.52. The van der Waals surface area contributed by atoms with Crippen LogP contribution in [0.5, 0.6) is 0 Å². The van der Waals surface area contributed by atoms with Gasteiger partial charge in [-0.15, -0.1) is 0 Å². The minimum atomic E-state index is -0.157. The van der Waals surface area contributed by atoms with E-state index < -0.39 is 0 Å². The average molecular weight is 318 g/mol. The molecule has 24 heavy (non-hydrogen) atoms. The number of hydrogen-bond acceptors (Lipinski definition) is 4. The number of carbonyl (C=O) groups is 1. The molecule has 0 fully saturated rings. The average Bonchev–Trinajstić information content (AvgIpc) is 2.59. The number of nitrogens with zero attached hydrogens (tertiary/aromatic N) is 2. The number of anilines is 3. The van der Waals surface area contributed by atoms with Crippen LogP contribution in [0.2, 0.25) is 0 Å². The molecule has 0 atom stereocenters. The fourth-order valence-electron chi connectivity index (χ4n) is 2.25. The van der Waals surface area contributed by atoms with Gasteiger partial charge >= 0.3 is 0 Å². The van der Waals surface area contributed by atoms with Crippen molar-refractivity contribution in [3.05, 3.63) is 77.6 Å². The molecule has 3 aromatic rings. The molecule has 0 aliphatic heterocycles. The smallest absolute Gasteiger partial charge is 0.255 e. The maximum atomic E-state index is 12.4. The molecule has 0 aliphatic carbocycles. The molecule has 5 heteroatoms. The fourth-order valence-corrected chi connectivity index (χ4v) is 2.25. The van der Waals surface area contributed by atoms with E-state index in [1.165, 1.54) is 5.56 Å². The SMILES string of the molecule is Cc1ccc(NC(=O)c2cccc(Nc3ncccn3)c2)cc1C. The maximum absolute atomic E-state index is 12.4. The fraction of sp³-hybridized carbons (Fsp3) is 0.105. The van der Waals surface area contributed by atoms with Crippen LogP contribution in [0.1, 0.15) is 21.5 Å². The molecular formula is C19H18N4O. The maximum Gasteiger partial charge on any atom is 0.255 e. The molecule has 1 amide bonds. The van der Waals surface area contributed by atoms with Gasteiger partial charge in [0.1, 0.15) is 0 Å². The molecule has 0 saturated carbocycles. The normalized spacial score (nSPS) is 10.2. The number of benzene rings is 2. The van der Waals surface area contributed by atoms with Crippen molar-refractivity contribution in [3.63, 3.8) is 0 Å². The van der Waals surface area contributed by atoms with Crippen LogP contribution in [-0.4, -0.2) is 15.9 Å². The summed E-state index contributed by atoms with van der Waals surface area (Å²) in [6.07, 6.45) is 3.32. The van der Waals surface area contributed by atoms with Gasteiger partial charge in [-0.1, -0.05) is 12.1 Å². The van der Waals surface area contributed by atoms with Crippen LogP contribution in [0, 0.1) is 13.8 Å². The van der Waals surface area contributed by atoms with Crippen molar-refractivity contribution in [1.29, 1.82) is 0 Å². The van der Waals surface area contributed by atoms with Crippen LogP contribution in [0.25, 0.3) is 0 Å². The number of carbonyl (C=O) groups excluding carboxylic acids is 1. The van der Waals surface area contributed by atoms with Gasteiger partial charge in [-0.2, -0.15) is 0 Å². The Balaban J connectivity index is 1.75. The van der Waals surface area contributed by atoms with Crippen LogP contribution in [0.4, 0.5) is 17.3 Å². The number of aryl methyl sites for hydroxylation is 2. The molecule has 0 spiro atoms. The van der Waals surface area contributed by atoms with E-state index in [4.69, 9.17) is 0 Å². The summed E-state index contributed by atoms with van der Waals surface area (Å²) in [5, 5.41) is 6.00. The second kappa shape index (κ2) is 6.91. The predicted octanol–water partition coefficient (Wildman–Crippen LogP) is 4.09. The first-order valence-corrected chi connectivity index (χ1v) is 7.64. The van der Waals surface area contributed by atoms with Crippen molar-refractivity contribution < 1.29 is 4.79 Å². The lowest BCUT2D eigenvalue weighted by molar-refractivity contribution is 0.102. The first kappa shape index (κ1) is 15.7. The monoisotopic (exact) mass is 318 g/mol. The number of aromatic nitrogens is 2. The van der Waals surface area contributed by atoms with Crippen LogP contribution in [-0.2, 0) is 0 Å². The van der Waals surface area contributed by atoms with Crippen LogP contribution < -0.4 is 10.6 Å². The lowest BCUT2D eigenvalue weighted by Gasteiger charge is -2.09. The van der Waals surface area contributed by atoms with Crippen molar-refractivity contribution in [2.75, 3.05) is 10.6 Å². The van der Waals surface area contributed by atoms with E-state index in [2.05, 4.69) is 20.6 Å². The molecule has 120 valence electrons. The van der Waals surface area contributed by atoms with E-state index in [-0.39, 0.29) is 5.91 Å². The van der Waals surface area contributed by atoms with Gasteiger partial charge in [-0.25, -0.2) is 9.97 Å². The topological polar surface area (TPSA) is 66.9 Å². The van der Waals surface area contributed by atoms with E-state index in [0.717, 1.165) is 16.9 Å². The van der Waals surface area contributed by atoms with E-state index in [0.29, 0.717) is 11.5 Å². The van der Waals surface area contributed by atoms with Gasteiger partial charge in [0.25, 0.3) is 5.91 Å². The number of nitrogens with one attached hydrogen (secondary N) is 2. The second-order valence-corrected chi connectivity index (χ2v) is 5.53. The van der Waals surface area contributed by atoms with Crippen LogP contribution in [0.3, 0.4) is 0 Å². The largest absolute Gasteiger partial charge is 0.324 e. The van der Waals surface area contributed by atoms with Crippen molar-refractivity contribution in [2.45, 2.75) is 13.8 Å². The highest BCUT2D eigenvalue weighted by Gasteiger charge is 2.08. The van der Waals surface area contributed by atoms with Gasteiger partial charge in [0.15, 0.2) is 0 Å². The van der Waals surface area contributed by atoms with E-state index >= 15 is 0 Å². The summed E-state index contributed by atoms with van der Waals surface area (Å²) in [4.78, 5) is 20.7. The van der Waals surface area contributed by atoms with Crippen LogP contribution >= 0.6 is 0 Å². The van der Waals surface area contributed by atoms with Crippen molar-refractivity contribution in [1.82, 2.24) is 9.97 Å². The van der Waals surface area contributed by atoms with E-state index in [1.807, 2.05) is 44.2 Å². The Morgan fingerprint density at radius 1 is 0.875 bits per heavy atom. The van der Waals surface area contributed by atoms with E-state index in [1.54, 1.807) is 30.6 Å². The van der Waals surface area contributed by atoms with Crippen molar-refractivity contribution in [3.8, 4) is 0 Å². The number of hydrogen-bond donors (Lipinski definition) is 2. The molecule has 0 radical (unpaired) electrons. The lowest BCUT2D eigenvalue weighted by atomic mass is 10.1. The van der Waals surface area contributed by atoms with Gasteiger partial charge in [0.05, 0.1) is 0 Å². The lowest BCUT2D eigenvalue weighted by Crippen LogP contribution is -2.12. The standard InChI is InChI=1S/C19H18N4O/c1-13-7-8-17(11-14(13)2)22-18(24)15-5-3-6-16(12-15)23-19-20-9-4-10-21-19/h3-12H,1-2H3,(H,22,24)(H,20,21,23). The molecule has 2 aromatic carbocycles. The predicted molar refractivity (Wildman–Crippen MR) is 95.6 cm³/mol. The first-order chi connectivity index (χ1) is 11.6. The Bertz CT molecular complexity index is 862. The van der Waals surface area contributed by atoms with Gasteiger partial charge in [0, 0.05) is 29.3 Å². The molecule has 1 aromatic heterocycles. The zero-order valence-electron chi connectivity index (χ0n) is 13.6. The number of rotatable bonds is 4. The van der Waals surface area contributed by atoms with Gasteiger partial charge < -0.3 is 10.6 Å². The van der Waals surface area contributed by atoms with Gasteiger partial charge in [0.2, 0.25) is 5.95 Å². The first-order valence-electron chi connectivity index (χ1n) is 7.64. The highest BCUT2D eigenvalue weighted by atomic mass is 16.1. The summed E-state index contributed by atoms with van der Waals surface area (Å²) >= 11 is 0. The van der Waals surface area contributed by atoms with E-state index in [9.17, 15) is 4.79 Å². The minimum absolute atomic E-state index is 0.157. The summed E-state index contributed by atoms with van der Waals surface area (Å²) < 4.78 is 0. The third-order valence-corrected chi connectivity index (χ3v) is 3.71. The summed E-state index contributed by atoms with van der Waals surface area (Å²) in [7, 11) is 0. The van der Waals surface area contributed by atoms with Gasteiger partial charge in [-0.3, -0.25) is 4.79 Å². The molecule has 2 N–H and O–H groups in total. The Morgan fingerprint density at radius 3 is 2.42 bits per heavy atom. The molecule has 1 heterocycles. The molecule has 3 rings (SSSR count). The molecule has 0 aliphatic rings. The summed E-state index contributed by atoms with van der Waals surface area (Å²) in [5.74, 6) is 0.333. The highest BCUT2D eigenvalue weighted by Crippen LogP contribution is 2.18. The zero-order valence-corrected chi connectivity index (χ0v) is 13.6.